The fraction of sp³-hybridized carbons (Fsp3) is 0.533. The van der Waals surface area contributed by atoms with Crippen LogP contribution in [0.25, 0.3) is 0 Å². The number of ether oxygens (including phenoxy) is 2. The summed E-state index contributed by atoms with van der Waals surface area (Å²) in [6, 6.07) is 6.16. The molecule has 0 aliphatic carbocycles. The molecule has 0 amide bonds. The first-order valence-corrected chi connectivity index (χ1v) is 6.32. The van der Waals surface area contributed by atoms with Gasteiger partial charge in [-0.2, -0.15) is 0 Å². The van der Waals surface area contributed by atoms with Gasteiger partial charge in [-0.1, -0.05) is 12.1 Å². The van der Waals surface area contributed by atoms with Gasteiger partial charge in [0, 0.05) is 6.42 Å². The first-order valence-electron chi connectivity index (χ1n) is 6.32. The topological polar surface area (TPSA) is 35.5 Å². The van der Waals surface area contributed by atoms with E-state index in [4.69, 9.17) is 9.47 Å². The number of benzene rings is 1. The Morgan fingerprint density at radius 2 is 2.06 bits per heavy atom. The summed E-state index contributed by atoms with van der Waals surface area (Å²) >= 11 is 0. The maximum absolute atomic E-state index is 11.2. The number of hydrogen-bond donors (Lipinski definition) is 0. The van der Waals surface area contributed by atoms with E-state index in [0.29, 0.717) is 6.61 Å². The molecule has 3 heteroatoms. The van der Waals surface area contributed by atoms with Crippen LogP contribution in [0.15, 0.2) is 18.2 Å². The van der Waals surface area contributed by atoms with Crippen LogP contribution >= 0.6 is 0 Å². The molecule has 1 aromatic rings. The average Bonchev–Trinajstić information content (AvgIpc) is 2.32. The van der Waals surface area contributed by atoms with Crippen molar-refractivity contribution >= 4 is 5.97 Å². The van der Waals surface area contributed by atoms with Crippen molar-refractivity contribution in [2.45, 2.75) is 40.2 Å². The highest BCUT2D eigenvalue weighted by atomic mass is 16.6. The molecule has 3 nitrogen and oxygen atoms in total. The average molecular weight is 248 g/mol. The van der Waals surface area contributed by atoms with E-state index >= 15 is 0 Å². The zero-order valence-corrected chi connectivity index (χ0v) is 11.4. The van der Waals surface area contributed by atoms with Crippen molar-refractivity contribution in [2.75, 3.05) is 6.61 Å². The minimum atomic E-state index is -0.356. The third-order valence-corrected chi connectivity index (χ3v) is 3.56. The van der Waals surface area contributed by atoms with E-state index in [9.17, 15) is 4.79 Å². The number of hydrogen-bond acceptors (Lipinski definition) is 3. The molecule has 1 aliphatic heterocycles. The number of cyclic esters (lactones) is 1. The van der Waals surface area contributed by atoms with E-state index in [0.717, 1.165) is 17.7 Å². The molecule has 1 saturated heterocycles. The molecular formula is C15H20O3. The second-order valence-corrected chi connectivity index (χ2v) is 5.52. The number of carbonyl (C=O) groups excluding carboxylic acids is 1. The van der Waals surface area contributed by atoms with Crippen molar-refractivity contribution in [3.63, 3.8) is 0 Å². The molecule has 1 aliphatic rings. The van der Waals surface area contributed by atoms with Crippen molar-refractivity contribution in [1.29, 1.82) is 0 Å². The zero-order chi connectivity index (χ0) is 13.3. The molecule has 0 saturated carbocycles. The van der Waals surface area contributed by atoms with Gasteiger partial charge in [0.15, 0.2) is 0 Å². The lowest BCUT2D eigenvalue weighted by Gasteiger charge is -2.41. The van der Waals surface area contributed by atoms with Gasteiger partial charge in [0.2, 0.25) is 0 Å². The van der Waals surface area contributed by atoms with E-state index in [-0.39, 0.29) is 17.5 Å². The van der Waals surface area contributed by atoms with Crippen LogP contribution < -0.4 is 4.74 Å². The van der Waals surface area contributed by atoms with E-state index in [1.54, 1.807) is 0 Å². The first kappa shape index (κ1) is 12.9. The van der Waals surface area contributed by atoms with E-state index in [1.807, 2.05) is 33.8 Å². The van der Waals surface area contributed by atoms with Crippen molar-refractivity contribution in [1.82, 2.24) is 0 Å². The van der Waals surface area contributed by atoms with Gasteiger partial charge in [-0.05, 0) is 44.9 Å². The molecule has 0 radical (unpaired) electrons. The Labute approximate surface area is 108 Å². The van der Waals surface area contributed by atoms with Crippen LogP contribution in [0.3, 0.4) is 0 Å². The molecule has 1 atom stereocenters. The SMILES string of the molecule is Cc1ccc(C)c(OCCC2OC(=O)C2(C)C)c1. The summed E-state index contributed by atoms with van der Waals surface area (Å²) in [5.74, 6) is 0.803. The third-order valence-electron chi connectivity index (χ3n) is 3.56. The highest BCUT2D eigenvalue weighted by Gasteiger charge is 2.50. The fourth-order valence-corrected chi connectivity index (χ4v) is 2.06. The summed E-state index contributed by atoms with van der Waals surface area (Å²) in [6.07, 6.45) is 0.724. The summed E-state index contributed by atoms with van der Waals surface area (Å²) in [7, 11) is 0. The first-order chi connectivity index (χ1) is 8.41. The summed E-state index contributed by atoms with van der Waals surface area (Å²) in [4.78, 5) is 11.2. The fourth-order valence-electron chi connectivity index (χ4n) is 2.06. The molecule has 0 aromatic heterocycles. The lowest BCUT2D eigenvalue weighted by molar-refractivity contribution is -0.202. The molecule has 0 spiro atoms. The van der Waals surface area contributed by atoms with E-state index in [1.165, 1.54) is 5.56 Å². The maximum atomic E-state index is 11.2. The summed E-state index contributed by atoms with van der Waals surface area (Å²) in [6.45, 7) is 8.49. The lowest BCUT2D eigenvalue weighted by Crippen LogP contribution is -2.53. The van der Waals surface area contributed by atoms with Gasteiger partial charge >= 0.3 is 5.97 Å². The molecule has 18 heavy (non-hydrogen) atoms. The number of esters is 1. The smallest absolute Gasteiger partial charge is 0.315 e. The van der Waals surface area contributed by atoms with Crippen LogP contribution in [0.1, 0.15) is 31.4 Å². The predicted octanol–water partition coefficient (Wildman–Crippen LogP) is 3.02. The van der Waals surface area contributed by atoms with Crippen LogP contribution in [0.5, 0.6) is 5.75 Å². The Hall–Kier alpha value is -1.51. The highest BCUT2D eigenvalue weighted by Crippen LogP contribution is 2.37. The largest absolute Gasteiger partial charge is 0.493 e. The van der Waals surface area contributed by atoms with E-state index < -0.39 is 0 Å². The highest BCUT2D eigenvalue weighted by molar-refractivity contribution is 5.82. The molecule has 1 aromatic carbocycles. The van der Waals surface area contributed by atoms with Gasteiger partial charge < -0.3 is 9.47 Å². The minimum Gasteiger partial charge on any atom is -0.493 e. The van der Waals surface area contributed by atoms with E-state index in [2.05, 4.69) is 12.1 Å². The van der Waals surface area contributed by atoms with Crippen molar-refractivity contribution in [3.8, 4) is 5.75 Å². The second-order valence-electron chi connectivity index (χ2n) is 5.52. The standard InChI is InChI=1S/C15H20O3/c1-10-5-6-11(2)12(9-10)17-8-7-13-15(3,4)14(16)18-13/h5-6,9,13H,7-8H2,1-4H3. The Morgan fingerprint density at radius 3 is 2.67 bits per heavy atom. The molecule has 98 valence electrons. The van der Waals surface area contributed by atoms with Gasteiger partial charge in [-0.3, -0.25) is 4.79 Å². The normalized spacial score (nSPS) is 21.1. The second kappa shape index (κ2) is 4.63. The minimum absolute atomic E-state index is 0.0184. The molecule has 1 fully saturated rings. The van der Waals surface area contributed by atoms with Gasteiger partial charge in [-0.25, -0.2) is 0 Å². The van der Waals surface area contributed by atoms with Crippen LogP contribution in [0.2, 0.25) is 0 Å². The van der Waals surface area contributed by atoms with Gasteiger partial charge in [0.1, 0.15) is 11.9 Å². The van der Waals surface area contributed by atoms with Crippen LogP contribution in [-0.4, -0.2) is 18.7 Å². The van der Waals surface area contributed by atoms with Crippen LogP contribution in [0.4, 0.5) is 0 Å². The summed E-state index contributed by atoms with van der Waals surface area (Å²) < 4.78 is 10.9. The summed E-state index contributed by atoms with van der Waals surface area (Å²) in [5.41, 5.74) is 1.96. The number of rotatable bonds is 4. The quantitative estimate of drug-likeness (QED) is 0.768. The molecule has 0 bridgehead atoms. The van der Waals surface area contributed by atoms with Gasteiger partial charge in [0.05, 0.1) is 12.0 Å². The monoisotopic (exact) mass is 248 g/mol. The predicted molar refractivity (Wildman–Crippen MR) is 69.7 cm³/mol. The molecule has 0 N–H and O–H groups in total. The van der Waals surface area contributed by atoms with Crippen molar-refractivity contribution in [3.05, 3.63) is 29.3 Å². The molecular weight excluding hydrogens is 228 g/mol. The Balaban J connectivity index is 1.86. The molecule has 1 heterocycles. The third kappa shape index (κ3) is 2.35. The summed E-state index contributed by atoms with van der Waals surface area (Å²) in [5, 5.41) is 0. The van der Waals surface area contributed by atoms with Gasteiger partial charge in [-0.15, -0.1) is 0 Å². The molecule has 2 rings (SSSR count). The van der Waals surface area contributed by atoms with Crippen molar-refractivity contribution in [2.24, 2.45) is 5.41 Å². The maximum Gasteiger partial charge on any atom is 0.315 e. The Morgan fingerprint density at radius 1 is 1.33 bits per heavy atom. The molecule has 1 unspecified atom stereocenters. The van der Waals surface area contributed by atoms with Crippen LogP contribution in [-0.2, 0) is 9.53 Å². The van der Waals surface area contributed by atoms with Crippen molar-refractivity contribution < 1.29 is 14.3 Å². The van der Waals surface area contributed by atoms with Crippen LogP contribution in [0, 0.1) is 19.3 Å². The lowest BCUT2D eigenvalue weighted by atomic mass is 9.80. The zero-order valence-electron chi connectivity index (χ0n) is 11.4. The Bertz CT molecular complexity index is 463. The Kier molecular flexibility index (Phi) is 3.33. The number of aryl methyl sites for hydroxylation is 2. The van der Waals surface area contributed by atoms with Gasteiger partial charge in [0.25, 0.3) is 0 Å². The number of carbonyl (C=O) groups is 1.